The summed E-state index contributed by atoms with van der Waals surface area (Å²) in [5.74, 6) is 0.267. The zero-order valence-electron chi connectivity index (χ0n) is 14.9. The highest BCUT2D eigenvalue weighted by atomic mass is 16.4. The molecular weight excluding hydrogens is 328 g/mol. The number of aromatic nitrogens is 2. The lowest BCUT2D eigenvalue weighted by Crippen LogP contribution is -2.02. The van der Waals surface area contributed by atoms with Crippen molar-refractivity contribution in [1.82, 2.24) is 9.97 Å². The van der Waals surface area contributed by atoms with Crippen molar-refractivity contribution in [1.29, 1.82) is 0 Å². The topological polar surface area (TPSA) is 87.1 Å². The van der Waals surface area contributed by atoms with E-state index in [0.717, 1.165) is 16.8 Å². The van der Waals surface area contributed by atoms with Gasteiger partial charge in [-0.05, 0) is 50.1 Å². The summed E-state index contributed by atoms with van der Waals surface area (Å²) in [4.78, 5) is 19.6. The van der Waals surface area contributed by atoms with Crippen molar-refractivity contribution in [3.63, 3.8) is 0 Å². The highest BCUT2D eigenvalue weighted by molar-refractivity contribution is 5.89. The van der Waals surface area contributed by atoms with E-state index >= 15 is 0 Å². The molecule has 0 saturated carbocycles. The summed E-state index contributed by atoms with van der Waals surface area (Å²) < 4.78 is 0. The lowest BCUT2D eigenvalue weighted by molar-refractivity contribution is 0.0697. The maximum Gasteiger partial charge on any atom is 0.335 e. The van der Waals surface area contributed by atoms with Crippen LogP contribution < -0.4 is 10.6 Å². The Labute approximate surface area is 152 Å². The number of carboxylic acids is 1. The fraction of sp³-hybridized carbons (Fsp3) is 0.150. The maximum atomic E-state index is 11.1. The molecule has 6 heteroatoms. The molecule has 132 valence electrons. The third kappa shape index (κ3) is 3.97. The number of nitrogens with one attached hydrogen (secondary N) is 2. The average molecular weight is 348 g/mol. The van der Waals surface area contributed by atoms with Gasteiger partial charge in [0.15, 0.2) is 0 Å². The van der Waals surface area contributed by atoms with E-state index < -0.39 is 5.97 Å². The van der Waals surface area contributed by atoms with Crippen molar-refractivity contribution in [3.8, 4) is 0 Å². The monoisotopic (exact) mass is 348 g/mol. The normalized spacial score (nSPS) is 10.4. The minimum Gasteiger partial charge on any atom is -0.478 e. The Morgan fingerprint density at radius 1 is 0.923 bits per heavy atom. The molecule has 1 heterocycles. The summed E-state index contributed by atoms with van der Waals surface area (Å²) in [5, 5.41) is 15.5. The molecule has 3 rings (SSSR count). The van der Waals surface area contributed by atoms with Gasteiger partial charge in [-0.25, -0.2) is 14.8 Å². The molecule has 0 spiro atoms. The van der Waals surface area contributed by atoms with Gasteiger partial charge in [-0.15, -0.1) is 0 Å². The Morgan fingerprint density at radius 2 is 1.58 bits per heavy atom. The number of aryl methyl sites for hydroxylation is 3. The Balaban J connectivity index is 1.83. The van der Waals surface area contributed by atoms with Crippen molar-refractivity contribution in [2.45, 2.75) is 20.8 Å². The fourth-order valence-electron chi connectivity index (χ4n) is 2.88. The van der Waals surface area contributed by atoms with Crippen LogP contribution in [0.4, 0.5) is 23.0 Å². The first kappa shape index (κ1) is 17.4. The Kier molecular flexibility index (Phi) is 4.84. The zero-order chi connectivity index (χ0) is 18.7. The summed E-state index contributed by atoms with van der Waals surface area (Å²) in [6.45, 7) is 6.18. The first-order valence-electron chi connectivity index (χ1n) is 8.19. The van der Waals surface area contributed by atoms with Crippen LogP contribution in [0.1, 0.15) is 27.0 Å². The van der Waals surface area contributed by atoms with Crippen LogP contribution in [-0.2, 0) is 0 Å². The van der Waals surface area contributed by atoms with Crippen LogP contribution in [0.15, 0.2) is 48.8 Å². The van der Waals surface area contributed by atoms with Gasteiger partial charge in [0.05, 0.1) is 5.56 Å². The zero-order valence-corrected chi connectivity index (χ0v) is 14.9. The maximum absolute atomic E-state index is 11.1. The second-order valence-corrected chi connectivity index (χ2v) is 6.20. The van der Waals surface area contributed by atoms with Crippen LogP contribution in [0.25, 0.3) is 0 Å². The first-order valence-corrected chi connectivity index (χ1v) is 8.19. The SMILES string of the molecule is Cc1cc(C)c(Nc2cc(Nc3cccc(C(=O)O)c3)ncn2)c(C)c1. The molecule has 0 amide bonds. The predicted octanol–water partition coefficient (Wildman–Crippen LogP) is 4.59. The predicted molar refractivity (Wildman–Crippen MR) is 103 cm³/mol. The molecule has 0 radical (unpaired) electrons. The molecule has 0 bridgehead atoms. The average Bonchev–Trinajstić information content (AvgIpc) is 2.58. The second-order valence-electron chi connectivity index (χ2n) is 6.20. The Bertz CT molecular complexity index is 947. The van der Waals surface area contributed by atoms with Gasteiger partial charge >= 0.3 is 5.97 Å². The summed E-state index contributed by atoms with van der Waals surface area (Å²) in [6.07, 6.45) is 1.46. The van der Waals surface area contributed by atoms with Crippen LogP contribution in [-0.4, -0.2) is 21.0 Å². The molecular formula is C20H20N4O2. The minimum atomic E-state index is -0.969. The van der Waals surface area contributed by atoms with Crippen molar-refractivity contribution >= 4 is 29.0 Å². The van der Waals surface area contributed by atoms with E-state index in [2.05, 4.69) is 53.5 Å². The van der Waals surface area contributed by atoms with Crippen molar-refractivity contribution in [2.75, 3.05) is 10.6 Å². The summed E-state index contributed by atoms with van der Waals surface area (Å²) in [7, 11) is 0. The first-order chi connectivity index (χ1) is 12.4. The standard InChI is InChI=1S/C20H20N4O2/c1-12-7-13(2)19(14(3)8-12)24-18-10-17(21-11-22-18)23-16-6-4-5-15(9-16)20(25)26/h4-11H,1-3H3,(H,25,26)(H2,21,22,23,24). The molecule has 2 aromatic carbocycles. The van der Waals surface area contributed by atoms with Gasteiger partial charge in [0.2, 0.25) is 0 Å². The van der Waals surface area contributed by atoms with Crippen LogP contribution in [0, 0.1) is 20.8 Å². The highest BCUT2D eigenvalue weighted by Gasteiger charge is 2.07. The third-order valence-electron chi connectivity index (χ3n) is 3.98. The van der Waals surface area contributed by atoms with Crippen LogP contribution in [0.3, 0.4) is 0 Å². The molecule has 0 saturated heterocycles. The number of hydrogen-bond acceptors (Lipinski definition) is 5. The van der Waals surface area contributed by atoms with E-state index in [1.807, 2.05) is 0 Å². The lowest BCUT2D eigenvalue weighted by Gasteiger charge is -2.14. The quantitative estimate of drug-likeness (QED) is 0.625. The molecule has 3 aromatic rings. The Hall–Kier alpha value is -3.41. The number of anilines is 4. The summed E-state index contributed by atoms with van der Waals surface area (Å²) in [5.41, 5.74) is 5.39. The minimum absolute atomic E-state index is 0.216. The van der Waals surface area contributed by atoms with E-state index in [1.165, 1.54) is 11.9 Å². The van der Waals surface area contributed by atoms with Gasteiger partial charge in [0.1, 0.15) is 18.0 Å². The largest absolute Gasteiger partial charge is 0.478 e. The van der Waals surface area contributed by atoms with Gasteiger partial charge in [0, 0.05) is 17.4 Å². The van der Waals surface area contributed by atoms with E-state index in [1.54, 1.807) is 30.3 Å². The molecule has 0 fully saturated rings. The molecule has 0 aliphatic heterocycles. The van der Waals surface area contributed by atoms with E-state index in [9.17, 15) is 4.79 Å². The van der Waals surface area contributed by atoms with Crippen LogP contribution in [0.2, 0.25) is 0 Å². The molecule has 0 aliphatic carbocycles. The molecule has 0 atom stereocenters. The number of nitrogens with zero attached hydrogens (tertiary/aromatic N) is 2. The van der Waals surface area contributed by atoms with E-state index in [0.29, 0.717) is 17.3 Å². The van der Waals surface area contributed by atoms with E-state index in [4.69, 9.17) is 5.11 Å². The Morgan fingerprint density at radius 3 is 2.23 bits per heavy atom. The van der Waals surface area contributed by atoms with Crippen molar-refractivity contribution in [3.05, 3.63) is 71.0 Å². The van der Waals surface area contributed by atoms with Gasteiger partial charge in [-0.1, -0.05) is 23.8 Å². The van der Waals surface area contributed by atoms with Crippen LogP contribution in [0.5, 0.6) is 0 Å². The van der Waals surface area contributed by atoms with Gasteiger partial charge < -0.3 is 15.7 Å². The lowest BCUT2D eigenvalue weighted by atomic mass is 10.1. The molecule has 6 nitrogen and oxygen atoms in total. The number of aromatic carboxylic acids is 1. The van der Waals surface area contributed by atoms with E-state index in [-0.39, 0.29) is 5.56 Å². The molecule has 3 N–H and O–H groups in total. The van der Waals surface area contributed by atoms with Crippen molar-refractivity contribution in [2.24, 2.45) is 0 Å². The van der Waals surface area contributed by atoms with Gasteiger partial charge in [0.25, 0.3) is 0 Å². The van der Waals surface area contributed by atoms with Crippen LogP contribution >= 0.6 is 0 Å². The number of carbonyl (C=O) groups is 1. The number of hydrogen-bond donors (Lipinski definition) is 3. The van der Waals surface area contributed by atoms with Gasteiger partial charge in [-0.3, -0.25) is 0 Å². The smallest absolute Gasteiger partial charge is 0.335 e. The molecule has 1 aromatic heterocycles. The molecule has 0 aliphatic rings. The third-order valence-corrected chi connectivity index (χ3v) is 3.98. The second kappa shape index (κ2) is 7.23. The highest BCUT2D eigenvalue weighted by Crippen LogP contribution is 2.26. The van der Waals surface area contributed by atoms with Crippen molar-refractivity contribution < 1.29 is 9.90 Å². The number of rotatable bonds is 5. The fourth-order valence-corrected chi connectivity index (χ4v) is 2.88. The number of benzene rings is 2. The molecule has 0 unspecified atom stereocenters. The van der Waals surface area contributed by atoms with Gasteiger partial charge in [-0.2, -0.15) is 0 Å². The summed E-state index contributed by atoms with van der Waals surface area (Å²) in [6, 6.07) is 12.6. The summed E-state index contributed by atoms with van der Waals surface area (Å²) >= 11 is 0. The number of carboxylic acid groups (broad SMARTS) is 1. The molecule has 26 heavy (non-hydrogen) atoms.